The fourth-order valence-electron chi connectivity index (χ4n) is 2.44. The summed E-state index contributed by atoms with van der Waals surface area (Å²) in [6.07, 6.45) is 0. The molecule has 8 heteroatoms. The summed E-state index contributed by atoms with van der Waals surface area (Å²) < 4.78 is 2.06. The molecule has 3 aromatic rings. The summed E-state index contributed by atoms with van der Waals surface area (Å²) in [5, 5.41) is 1.31. The van der Waals surface area contributed by atoms with E-state index in [9.17, 15) is 9.59 Å². The van der Waals surface area contributed by atoms with Crippen LogP contribution in [0.5, 0.6) is 0 Å². The number of benzene rings is 2. The van der Waals surface area contributed by atoms with Crippen LogP contribution in [0.3, 0.4) is 0 Å². The van der Waals surface area contributed by atoms with Crippen molar-refractivity contribution in [2.45, 2.75) is 18.6 Å². The molecule has 1 heterocycles. The lowest BCUT2D eigenvalue weighted by Crippen LogP contribution is -2.42. The molecule has 0 radical (unpaired) electrons. The smallest absolute Gasteiger partial charge is 0.269 e. The van der Waals surface area contributed by atoms with Crippen LogP contribution in [0.4, 0.5) is 0 Å². The molecular formula is C18H17ClN4O2S. The van der Waals surface area contributed by atoms with Gasteiger partial charge in [-0.15, -0.1) is 0 Å². The first-order chi connectivity index (χ1) is 12.6. The number of carbonyl (C=O) groups excluding carboxylic acids is 2. The minimum Gasteiger partial charge on any atom is -0.319 e. The first-order valence-corrected chi connectivity index (χ1v) is 9.37. The number of rotatable bonds is 5. The van der Waals surface area contributed by atoms with Gasteiger partial charge in [-0.05, 0) is 43.3 Å². The number of para-hydroxylation sites is 2. The molecule has 6 nitrogen and oxygen atoms in total. The molecule has 0 aliphatic carbocycles. The summed E-state index contributed by atoms with van der Waals surface area (Å²) in [7, 11) is 0. The lowest BCUT2D eigenvalue weighted by Gasteiger charge is -2.08. The van der Waals surface area contributed by atoms with Crippen LogP contribution in [0.1, 0.15) is 17.3 Å². The first-order valence-electron chi connectivity index (χ1n) is 8.01. The number of hydrazine groups is 1. The van der Waals surface area contributed by atoms with Gasteiger partial charge in [0.1, 0.15) is 0 Å². The molecule has 0 spiro atoms. The molecule has 1 aromatic heterocycles. The zero-order valence-electron chi connectivity index (χ0n) is 14.0. The molecule has 134 valence electrons. The van der Waals surface area contributed by atoms with Crippen LogP contribution in [0.25, 0.3) is 11.0 Å². The standard InChI is InChI=1S/C18H17ClN4O2S/c1-2-23-15-6-4-3-5-14(15)20-18(23)26-11-16(24)21-22-17(25)12-7-9-13(19)10-8-12/h3-10H,2,11H2,1H3,(H,21,24)(H,22,25). The van der Waals surface area contributed by atoms with Crippen LogP contribution in [-0.2, 0) is 11.3 Å². The number of hydrogen-bond acceptors (Lipinski definition) is 4. The van der Waals surface area contributed by atoms with Crippen LogP contribution in [0.2, 0.25) is 5.02 Å². The van der Waals surface area contributed by atoms with Gasteiger partial charge < -0.3 is 4.57 Å². The number of aromatic nitrogens is 2. The Morgan fingerprint density at radius 3 is 2.58 bits per heavy atom. The van der Waals surface area contributed by atoms with Crippen molar-refractivity contribution in [2.24, 2.45) is 0 Å². The van der Waals surface area contributed by atoms with E-state index in [2.05, 4.69) is 20.4 Å². The Balaban J connectivity index is 1.56. The number of aryl methyl sites for hydroxylation is 1. The van der Waals surface area contributed by atoms with Crippen molar-refractivity contribution in [3.63, 3.8) is 0 Å². The highest BCUT2D eigenvalue weighted by molar-refractivity contribution is 7.99. The molecule has 0 aliphatic heterocycles. The Labute approximate surface area is 159 Å². The van der Waals surface area contributed by atoms with Crippen LogP contribution >= 0.6 is 23.4 Å². The molecule has 2 amide bonds. The predicted molar refractivity (Wildman–Crippen MR) is 103 cm³/mol. The minimum atomic E-state index is -0.402. The Morgan fingerprint density at radius 2 is 1.85 bits per heavy atom. The lowest BCUT2D eigenvalue weighted by atomic mass is 10.2. The number of carbonyl (C=O) groups is 2. The third kappa shape index (κ3) is 4.17. The number of fused-ring (bicyclic) bond motifs is 1. The lowest BCUT2D eigenvalue weighted by molar-refractivity contribution is -0.119. The average Bonchev–Trinajstić information content (AvgIpc) is 3.02. The maximum absolute atomic E-state index is 12.0. The van der Waals surface area contributed by atoms with Gasteiger partial charge in [-0.1, -0.05) is 35.5 Å². The van der Waals surface area contributed by atoms with Crippen molar-refractivity contribution < 1.29 is 9.59 Å². The van der Waals surface area contributed by atoms with Crippen molar-refractivity contribution in [3.8, 4) is 0 Å². The predicted octanol–water partition coefficient (Wildman–Crippen LogP) is 3.26. The highest BCUT2D eigenvalue weighted by Gasteiger charge is 2.12. The summed E-state index contributed by atoms with van der Waals surface area (Å²) in [4.78, 5) is 28.5. The molecular weight excluding hydrogens is 372 g/mol. The van der Waals surface area contributed by atoms with E-state index in [-0.39, 0.29) is 11.7 Å². The maximum atomic E-state index is 12.0. The third-order valence-electron chi connectivity index (χ3n) is 3.69. The van der Waals surface area contributed by atoms with E-state index >= 15 is 0 Å². The number of amides is 2. The second kappa shape index (κ2) is 8.25. The van der Waals surface area contributed by atoms with Gasteiger partial charge in [-0.3, -0.25) is 20.4 Å². The Morgan fingerprint density at radius 1 is 1.12 bits per heavy atom. The second-order valence-corrected chi connectivity index (χ2v) is 6.80. The maximum Gasteiger partial charge on any atom is 0.269 e. The van der Waals surface area contributed by atoms with Crippen molar-refractivity contribution in [1.29, 1.82) is 0 Å². The molecule has 0 atom stereocenters. The van der Waals surface area contributed by atoms with E-state index in [0.29, 0.717) is 10.6 Å². The van der Waals surface area contributed by atoms with Crippen molar-refractivity contribution in [1.82, 2.24) is 20.4 Å². The van der Waals surface area contributed by atoms with Gasteiger partial charge in [0, 0.05) is 17.1 Å². The zero-order valence-corrected chi connectivity index (χ0v) is 15.6. The number of nitrogens with one attached hydrogen (secondary N) is 2. The average molecular weight is 389 g/mol. The van der Waals surface area contributed by atoms with Gasteiger partial charge in [-0.25, -0.2) is 4.98 Å². The molecule has 0 aliphatic rings. The Bertz CT molecular complexity index is 940. The van der Waals surface area contributed by atoms with Gasteiger partial charge in [0.2, 0.25) is 5.91 Å². The van der Waals surface area contributed by atoms with Gasteiger partial charge in [0.05, 0.1) is 16.8 Å². The monoisotopic (exact) mass is 388 g/mol. The van der Waals surface area contributed by atoms with Crippen LogP contribution < -0.4 is 10.9 Å². The highest BCUT2D eigenvalue weighted by atomic mass is 35.5. The first kappa shape index (κ1) is 18.3. The number of hydrogen-bond donors (Lipinski definition) is 2. The van der Waals surface area contributed by atoms with Crippen molar-refractivity contribution in [3.05, 3.63) is 59.1 Å². The van der Waals surface area contributed by atoms with E-state index in [1.807, 2.05) is 31.2 Å². The summed E-state index contributed by atoms with van der Waals surface area (Å²) in [5.74, 6) is -0.572. The second-order valence-electron chi connectivity index (χ2n) is 5.43. The molecule has 2 aromatic carbocycles. The normalized spacial score (nSPS) is 10.7. The van der Waals surface area contributed by atoms with Crippen LogP contribution in [-0.4, -0.2) is 27.1 Å². The van der Waals surface area contributed by atoms with E-state index in [4.69, 9.17) is 11.6 Å². The fourth-order valence-corrected chi connectivity index (χ4v) is 3.44. The SMILES string of the molecule is CCn1c(SCC(=O)NNC(=O)c2ccc(Cl)cc2)nc2ccccc21. The minimum absolute atomic E-state index is 0.143. The fraction of sp³-hybridized carbons (Fsp3) is 0.167. The van der Waals surface area contributed by atoms with Gasteiger partial charge in [0.15, 0.2) is 5.16 Å². The van der Waals surface area contributed by atoms with Crippen molar-refractivity contribution >= 4 is 46.2 Å². The summed E-state index contributed by atoms with van der Waals surface area (Å²) in [6.45, 7) is 2.79. The van der Waals surface area contributed by atoms with Crippen LogP contribution in [0, 0.1) is 0 Å². The zero-order chi connectivity index (χ0) is 18.5. The van der Waals surface area contributed by atoms with E-state index in [1.54, 1.807) is 24.3 Å². The molecule has 26 heavy (non-hydrogen) atoms. The number of nitrogens with zero attached hydrogens (tertiary/aromatic N) is 2. The molecule has 0 bridgehead atoms. The molecule has 0 unspecified atom stereocenters. The molecule has 0 fully saturated rings. The third-order valence-corrected chi connectivity index (χ3v) is 4.92. The quantitative estimate of drug-likeness (QED) is 0.519. The van der Waals surface area contributed by atoms with E-state index < -0.39 is 5.91 Å². The van der Waals surface area contributed by atoms with Gasteiger partial charge >= 0.3 is 0 Å². The summed E-state index contributed by atoms with van der Waals surface area (Å²) in [6, 6.07) is 14.2. The molecule has 0 saturated carbocycles. The summed E-state index contributed by atoms with van der Waals surface area (Å²) >= 11 is 7.11. The molecule has 2 N–H and O–H groups in total. The topological polar surface area (TPSA) is 76.0 Å². The van der Waals surface area contributed by atoms with E-state index in [0.717, 1.165) is 22.7 Å². The van der Waals surface area contributed by atoms with Gasteiger partial charge in [-0.2, -0.15) is 0 Å². The number of halogens is 1. The Hall–Kier alpha value is -2.51. The van der Waals surface area contributed by atoms with Gasteiger partial charge in [0.25, 0.3) is 5.91 Å². The highest BCUT2D eigenvalue weighted by Crippen LogP contribution is 2.23. The van der Waals surface area contributed by atoms with Crippen LogP contribution in [0.15, 0.2) is 53.7 Å². The number of imidazole rings is 1. The number of thioether (sulfide) groups is 1. The molecule has 0 saturated heterocycles. The molecule has 3 rings (SSSR count). The largest absolute Gasteiger partial charge is 0.319 e. The van der Waals surface area contributed by atoms with Crippen molar-refractivity contribution in [2.75, 3.05) is 5.75 Å². The summed E-state index contributed by atoms with van der Waals surface area (Å²) in [5.41, 5.74) is 7.14. The van der Waals surface area contributed by atoms with E-state index in [1.165, 1.54) is 11.8 Å². The Kier molecular flexibility index (Phi) is 5.80.